The minimum Gasteiger partial charge on any atom is -0.472 e. The summed E-state index contributed by atoms with van der Waals surface area (Å²) < 4.78 is 33.4. The first-order valence-corrected chi connectivity index (χ1v) is 13.2. The van der Waals surface area contributed by atoms with Gasteiger partial charge in [-0.2, -0.15) is 5.10 Å². The summed E-state index contributed by atoms with van der Waals surface area (Å²) in [6.45, 7) is 2.84. The molecule has 1 saturated carbocycles. The van der Waals surface area contributed by atoms with Crippen LogP contribution < -0.4 is 24.8 Å². The van der Waals surface area contributed by atoms with Crippen molar-refractivity contribution in [2.75, 3.05) is 36.0 Å². The molecule has 2 aliphatic heterocycles. The van der Waals surface area contributed by atoms with Crippen molar-refractivity contribution in [3.05, 3.63) is 39.9 Å². The monoisotopic (exact) mass is 494 g/mol. The lowest BCUT2D eigenvalue weighted by Crippen LogP contribution is -2.45. The van der Waals surface area contributed by atoms with Crippen molar-refractivity contribution < 1.29 is 13.2 Å². The number of rotatable bonds is 7. The van der Waals surface area contributed by atoms with Crippen molar-refractivity contribution >= 4 is 33.0 Å². The maximum absolute atomic E-state index is 12.2. The van der Waals surface area contributed by atoms with Crippen molar-refractivity contribution in [3.8, 4) is 5.88 Å². The minimum atomic E-state index is -3.15. The van der Waals surface area contributed by atoms with Crippen molar-refractivity contribution in [1.29, 1.82) is 0 Å². The Bertz CT molecular complexity index is 1160. The number of ether oxygens (including phenoxy) is 1. The lowest BCUT2D eigenvalue weighted by Gasteiger charge is -2.34. The third-order valence-corrected chi connectivity index (χ3v) is 8.80. The Kier molecular flexibility index (Phi) is 6.19. The van der Waals surface area contributed by atoms with E-state index in [1.807, 2.05) is 17.0 Å². The van der Waals surface area contributed by atoms with Gasteiger partial charge in [0.25, 0.3) is 5.56 Å². The van der Waals surface area contributed by atoms with Gasteiger partial charge in [0.1, 0.15) is 11.1 Å². The normalized spacial score (nSPS) is 22.0. The summed E-state index contributed by atoms with van der Waals surface area (Å²) in [5.41, 5.74) is 1.21. The molecular formula is C21H27ClN6O4S. The first-order chi connectivity index (χ1) is 15.9. The van der Waals surface area contributed by atoms with E-state index in [1.165, 1.54) is 0 Å². The van der Waals surface area contributed by atoms with Gasteiger partial charge < -0.3 is 14.5 Å². The SMILES string of the molecule is O=c1[nH]ncc(N2CC[C@@H](Oc3cc(N4CCC(NS(=O)(=O)C5CC5)CC4)ccn3)C2)c1Cl. The highest BCUT2D eigenvalue weighted by atomic mass is 35.5. The van der Waals surface area contributed by atoms with Crippen molar-refractivity contribution in [2.24, 2.45) is 0 Å². The van der Waals surface area contributed by atoms with E-state index in [0.29, 0.717) is 24.7 Å². The number of anilines is 2. The number of sulfonamides is 1. The summed E-state index contributed by atoms with van der Waals surface area (Å²) in [6.07, 6.45) is 7.09. The smallest absolute Gasteiger partial charge is 0.285 e. The summed E-state index contributed by atoms with van der Waals surface area (Å²) in [4.78, 5) is 20.3. The van der Waals surface area contributed by atoms with Crippen LogP contribution in [0.3, 0.4) is 0 Å². The largest absolute Gasteiger partial charge is 0.472 e. The molecular weight excluding hydrogens is 468 g/mol. The van der Waals surface area contributed by atoms with Crippen LogP contribution in [0.15, 0.2) is 29.3 Å². The van der Waals surface area contributed by atoms with Crippen LogP contribution in [0.2, 0.25) is 5.02 Å². The zero-order valence-electron chi connectivity index (χ0n) is 18.1. The minimum absolute atomic E-state index is 0.000386. The highest BCUT2D eigenvalue weighted by Crippen LogP contribution is 2.30. The molecule has 0 amide bonds. The van der Waals surface area contributed by atoms with Crippen LogP contribution in [0.5, 0.6) is 5.88 Å². The molecule has 2 aromatic heterocycles. The summed E-state index contributed by atoms with van der Waals surface area (Å²) in [7, 11) is -3.15. The molecule has 10 nitrogen and oxygen atoms in total. The van der Waals surface area contributed by atoms with E-state index in [1.54, 1.807) is 12.4 Å². The number of nitrogens with one attached hydrogen (secondary N) is 2. The fourth-order valence-electron chi connectivity index (χ4n) is 4.43. The number of nitrogens with zero attached hydrogens (tertiary/aromatic N) is 4. The van der Waals surface area contributed by atoms with Crippen LogP contribution in [0.1, 0.15) is 32.1 Å². The Hall–Kier alpha value is -2.37. The van der Waals surface area contributed by atoms with E-state index >= 15 is 0 Å². The second-order valence-electron chi connectivity index (χ2n) is 8.85. The molecule has 12 heteroatoms. The van der Waals surface area contributed by atoms with Crippen LogP contribution in [0, 0.1) is 0 Å². The average molecular weight is 495 g/mol. The predicted molar refractivity (Wildman–Crippen MR) is 126 cm³/mol. The quantitative estimate of drug-likeness (QED) is 0.594. The van der Waals surface area contributed by atoms with Gasteiger partial charge in [0, 0.05) is 50.0 Å². The molecule has 0 spiro atoms. The van der Waals surface area contributed by atoms with E-state index in [4.69, 9.17) is 16.3 Å². The number of aromatic amines is 1. The number of piperidine rings is 1. The van der Waals surface area contributed by atoms with E-state index in [2.05, 4.69) is 24.8 Å². The van der Waals surface area contributed by atoms with Gasteiger partial charge in [-0.15, -0.1) is 0 Å². The molecule has 0 unspecified atom stereocenters. The zero-order valence-corrected chi connectivity index (χ0v) is 19.7. The maximum Gasteiger partial charge on any atom is 0.285 e. The second-order valence-corrected chi connectivity index (χ2v) is 11.2. The Morgan fingerprint density at radius 3 is 2.64 bits per heavy atom. The number of halogens is 1. The Morgan fingerprint density at radius 2 is 1.88 bits per heavy atom. The van der Waals surface area contributed by atoms with Crippen LogP contribution >= 0.6 is 11.6 Å². The predicted octanol–water partition coefficient (Wildman–Crippen LogP) is 1.53. The summed E-state index contributed by atoms with van der Waals surface area (Å²) in [5, 5.41) is 6.12. The van der Waals surface area contributed by atoms with Gasteiger partial charge in [-0.05, 0) is 31.7 Å². The fourth-order valence-corrected chi connectivity index (χ4v) is 6.29. The third kappa shape index (κ3) is 5.10. The van der Waals surface area contributed by atoms with E-state index in [0.717, 1.165) is 50.9 Å². The van der Waals surface area contributed by atoms with Crippen molar-refractivity contribution in [2.45, 2.75) is 49.5 Å². The zero-order chi connectivity index (χ0) is 23.0. The van der Waals surface area contributed by atoms with E-state index in [9.17, 15) is 13.2 Å². The number of pyridine rings is 1. The molecule has 0 bridgehead atoms. The van der Waals surface area contributed by atoms with E-state index < -0.39 is 15.6 Å². The van der Waals surface area contributed by atoms with Crippen molar-refractivity contribution in [3.63, 3.8) is 0 Å². The standard InChI is InChI=1S/C21H27ClN6O4S/c22-20-18(12-24-25-21(20)29)28-10-6-16(13-28)32-19-11-15(3-7-23-19)27-8-4-14(5-9-27)26-33(30,31)17-1-2-17/h3,7,11-12,14,16-17,26H,1-2,4-6,8-10,13H2,(H,25,29)/t16-/m1/s1. The molecule has 33 heavy (non-hydrogen) atoms. The molecule has 5 rings (SSSR count). The van der Waals surface area contributed by atoms with Gasteiger partial charge in [-0.1, -0.05) is 11.6 Å². The number of H-pyrrole nitrogens is 1. The molecule has 2 saturated heterocycles. The molecule has 2 N–H and O–H groups in total. The Balaban J connectivity index is 1.17. The number of hydrogen-bond donors (Lipinski definition) is 2. The van der Waals surface area contributed by atoms with Crippen LogP contribution in [-0.2, 0) is 10.0 Å². The van der Waals surface area contributed by atoms with E-state index in [-0.39, 0.29) is 22.4 Å². The lowest BCUT2D eigenvalue weighted by molar-refractivity contribution is 0.216. The lowest BCUT2D eigenvalue weighted by atomic mass is 10.1. The summed E-state index contributed by atoms with van der Waals surface area (Å²) >= 11 is 6.13. The Labute approximate surface area is 197 Å². The average Bonchev–Trinajstić information content (AvgIpc) is 3.57. The molecule has 3 fully saturated rings. The molecule has 4 heterocycles. The summed E-state index contributed by atoms with van der Waals surface area (Å²) in [5.74, 6) is 0.547. The molecule has 1 atom stereocenters. The number of hydrogen-bond acceptors (Lipinski definition) is 8. The molecule has 0 aromatic carbocycles. The molecule has 1 aliphatic carbocycles. The number of aromatic nitrogens is 3. The van der Waals surface area contributed by atoms with Crippen LogP contribution in [0.4, 0.5) is 11.4 Å². The highest BCUT2D eigenvalue weighted by Gasteiger charge is 2.37. The van der Waals surface area contributed by atoms with Gasteiger partial charge >= 0.3 is 0 Å². The third-order valence-electron chi connectivity index (χ3n) is 6.42. The van der Waals surface area contributed by atoms with Gasteiger partial charge in [0.15, 0.2) is 0 Å². The fraction of sp³-hybridized carbons (Fsp3) is 0.571. The molecule has 3 aliphatic rings. The first kappa shape index (κ1) is 22.4. The highest BCUT2D eigenvalue weighted by molar-refractivity contribution is 7.90. The molecule has 178 valence electrons. The topological polar surface area (TPSA) is 121 Å². The second kappa shape index (κ2) is 9.11. The van der Waals surface area contributed by atoms with Gasteiger partial charge in [-0.3, -0.25) is 4.79 Å². The van der Waals surface area contributed by atoms with Crippen LogP contribution in [-0.4, -0.2) is 67.2 Å². The first-order valence-electron chi connectivity index (χ1n) is 11.3. The van der Waals surface area contributed by atoms with Crippen LogP contribution in [0.25, 0.3) is 0 Å². The Morgan fingerprint density at radius 1 is 1.12 bits per heavy atom. The van der Waals surface area contributed by atoms with Gasteiger partial charge in [-0.25, -0.2) is 23.2 Å². The molecule has 0 radical (unpaired) electrons. The van der Waals surface area contributed by atoms with Gasteiger partial charge in [0.05, 0.1) is 23.7 Å². The summed E-state index contributed by atoms with van der Waals surface area (Å²) in [6, 6.07) is 3.88. The van der Waals surface area contributed by atoms with Crippen molar-refractivity contribution in [1.82, 2.24) is 19.9 Å². The molecule has 2 aromatic rings. The maximum atomic E-state index is 12.2. The van der Waals surface area contributed by atoms with Gasteiger partial charge in [0.2, 0.25) is 15.9 Å².